The Morgan fingerprint density at radius 1 is 1.26 bits per heavy atom. The zero-order chi connectivity index (χ0) is 13.8. The number of hydrogen-bond acceptors (Lipinski definition) is 0. The van der Waals surface area contributed by atoms with E-state index >= 15 is 0 Å². The van der Waals surface area contributed by atoms with E-state index in [0.29, 0.717) is 20.5 Å². The molecule has 0 heterocycles. The number of rotatable bonds is 2. The highest BCUT2D eigenvalue weighted by molar-refractivity contribution is 9.10. The van der Waals surface area contributed by atoms with E-state index in [-0.39, 0.29) is 16.3 Å². The summed E-state index contributed by atoms with van der Waals surface area (Å²) in [4.78, 5) is 0. The van der Waals surface area contributed by atoms with E-state index in [1.54, 1.807) is 6.07 Å². The minimum Gasteiger partial charge on any atom is -0.205 e. The minimum atomic E-state index is -0.246. The summed E-state index contributed by atoms with van der Waals surface area (Å²) in [6, 6.07) is 1.70. The molecule has 0 atom stereocenters. The molecule has 2 bridgehead atoms. The lowest BCUT2D eigenvalue weighted by molar-refractivity contribution is 0.281. The summed E-state index contributed by atoms with van der Waals surface area (Å²) in [6.07, 6.45) is 6.97. The van der Waals surface area contributed by atoms with Crippen LogP contribution in [0.4, 0.5) is 4.39 Å². The number of halogens is 4. The number of benzene rings is 1. The standard InChI is InChI=1S/C15H16BrCl2F/c1-14-2-4-15(8-14,5-3-14)7-9-6-10(17)12(18)11(16)13(9)19/h6H,2-5,7-8H2,1H3. The smallest absolute Gasteiger partial charge is 0.142 e. The second-order valence-corrected chi connectivity index (χ2v) is 8.20. The summed E-state index contributed by atoms with van der Waals surface area (Å²) in [6.45, 7) is 2.36. The molecule has 2 saturated carbocycles. The van der Waals surface area contributed by atoms with Crippen LogP contribution in [0.1, 0.15) is 44.6 Å². The third-order valence-corrected chi connectivity index (χ3v) is 6.82. The summed E-state index contributed by atoms with van der Waals surface area (Å²) in [5.41, 5.74) is 1.48. The summed E-state index contributed by atoms with van der Waals surface area (Å²) in [7, 11) is 0. The van der Waals surface area contributed by atoms with E-state index in [4.69, 9.17) is 23.2 Å². The molecule has 2 aliphatic rings. The highest BCUT2D eigenvalue weighted by Crippen LogP contribution is 2.62. The van der Waals surface area contributed by atoms with Crippen molar-refractivity contribution in [3.05, 3.63) is 32.0 Å². The third kappa shape index (κ3) is 2.34. The monoisotopic (exact) mass is 364 g/mol. The molecule has 104 valence electrons. The first-order valence-electron chi connectivity index (χ1n) is 6.66. The predicted molar refractivity (Wildman–Crippen MR) is 81.4 cm³/mol. The van der Waals surface area contributed by atoms with Gasteiger partial charge in [-0.2, -0.15) is 0 Å². The Labute approximate surface area is 131 Å². The van der Waals surface area contributed by atoms with Crippen LogP contribution >= 0.6 is 39.1 Å². The minimum absolute atomic E-state index is 0.246. The Balaban J connectivity index is 1.93. The van der Waals surface area contributed by atoms with Crippen LogP contribution in [0.15, 0.2) is 10.5 Å². The molecule has 0 saturated heterocycles. The van der Waals surface area contributed by atoms with Gasteiger partial charge in [-0.3, -0.25) is 0 Å². The van der Waals surface area contributed by atoms with Gasteiger partial charge in [-0.1, -0.05) is 30.1 Å². The van der Waals surface area contributed by atoms with Gasteiger partial charge in [0, 0.05) is 0 Å². The molecular formula is C15H16BrCl2F. The molecule has 0 N–H and O–H groups in total. The normalized spacial score (nSPS) is 33.1. The van der Waals surface area contributed by atoms with Gasteiger partial charge in [-0.15, -0.1) is 0 Å². The lowest BCUT2D eigenvalue weighted by atomic mass is 9.78. The van der Waals surface area contributed by atoms with Crippen LogP contribution in [0.2, 0.25) is 10.0 Å². The average Bonchev–Trinajstić information content (AvgIpc) is 2.87. The van der Waals surface area contributed by atoms with Crippen molar-refractivity contribution in [3.63, 3.8) is 0 Å². The van der Waals surface area contributed by atoms with E-state index in [9.17, 15) is 4.39 Å². The highest BCUT2D eigenvalue weighted by atomic mass is 79.9. The van der Waals surface area contributed by atoms with Crippen LogP contribution in [-0.2, 0) is 6.42 Å². The van der Waals surface area contributed by atoms with Gasteiger partial charge >= 0.3 is 0 Å². The fourth-order valence-electron chi connectivity index (χ4n) is 4.04. The second kappa shape index (κ2) is 4.61. The number of hydrogen-bond donors (Lipinski definition) is 0. The lowest BCUT2D eigenvalue weighted by Crippen LogP contribution is -2.18. The van der Waals surface area contributed by atoms with Crippen molar-refractivity contribution in [3.8, 4) is 0 Å². The van der Waals surface area contributed by atoms with Gasteiger partial charge in [-0.25, -0.2) is 4.39 Å². The lowest BCUT2D eigenvalue weighted by Gasteiger charge is -2.27. The molecule has 0 spiro atoms. The molecule has 19 heavy (non-hydrogen) atoms. The first kappa shape index (κ1) is 14.2. The van der Waals surface area contributed by atoms with E-state index in [1.165, 1.54) is 32.1 Å². The Bertz CT molecular complexity index is 533. The molecule has 1 aromatic carbocycles. The molecule has 0 aromatic heterocycles. The molecule has 0 unspecified atom stereocenters. The zero-order valence-electron chi connectivity index (χ0n) is 10.8. The molecule has 0 nitrogen and oxygen atoms in total. The maximum Gasteiger partial charge on any atom is 0.142 e. The van der Waals surface area contributed by atoms with E-state index in [2.05, 4.69) is 22.9 Å². The average molecular weight is 366 g/mol. The SMILES string of the molecule is CC12CCC(Cc3cc(Cl)c(Cl)c(Br)c3F)(CC1)C2. The van der Waals surface area contributed by atoms with Crippen LogP contribution in [0, 0.1) is 16.6 Å². The number of fused-ring (bicyclic) bond motifs is 2. The van der Waals surface area contributed by atoms with Crippen molar-refractivity contribution in [2.24, 2.45) is 10.8 Å². The summed E-state index contributed by atoms with van der Waals surface area (Å²) < 4.78 is 14.6. The molecular weight excluding hydrogens is 350 g/mol. The maximum atomic E-state index is 14.3. The molecule has 4 heteroatoms. The first-order chi connectivity index (χ1) is 8.84. The largest absolute Gasteiger partial charge is 0.205 e. The van der Waals surface area contributed by atoms with Crippen molar-refractivity contribution < 1.29 is 4.39 Å². The van der Waals surface area contributed by atoms with Crippen LogP contribution in [0.5, 0.6) is 0 Å². The summed E-state index contributed by atoms with van der Waals surface area (Å²) in [5, 5.41) is 0.697. The fourth-order valence-corrected chi connectivity index (χ4v) is 4.98. The van der Waals surface area contributed by atoms with E-state index < -0.39 is 0 Å². The van der Waals surface area contributed by atoms with Gasteiger partial charge in [-0.05, 0) is 76.9 Å². The molecule has 0 aliphatic heterocycles. The topological polar surface area (TPSA) is 0 Å². The van der Waals surface area contributed by atoms with Gasteiger partial charge in [0.15, 0.2) is 0 Å². The van der Waals surface area contributed by atoms with Gasteiger partial charge in [0.2, 0.25) is 0 Å². The fraction of sp³-hybridized carbons (Fsp3) is 0.600. The Morgan fingerprint density at radius 2 is 1.89 bits per heavy atom. The van der Waals surface area contributed by atoms with Crippen molar-refractivity contribution in [2.75, 3.05) is 0 Å². The molecule has 1 aromatic rings. The Hall–Kier alpha value is 0.210. The van der Waals surface area contributed by atoms with Crippen molar-refractivity contribution in [1.29, 1.82) is 0 Å². The maximum absolute atomic E-state index is 14.3. The van der Waals surface area contributed by atoms with Gasteiger partial charge in [0.25, 0.3) is 0 Å². The zero-order valence-corrected chi connectivity index (χ0v) is 13.9. The first-order valence-corrected chi connectivity index (χ1v) is 8.21. The predicted octanol–water partition coefficient (Wildman–Crippen LogP) is 6.41. The van der Waals surface area contributed by atoms with Gasteiger partial charge in [0.1, 0.15) is 5.82 Å². The van der Waals surface area contributed by atoms with Gasteiger partial charge < -0.3 is 0 Å². The Morgan fingerprint density at radius 3 is 2.42 bits per heavy atom. The summed E-state index contributed by atoms with van der Waals surface area (Å²) >= 11 is 15.2. The van der Waals surface area contributed by atoms with Crippen molar-refractivity contribution in [1.82, 2.24) is 0 Å². The van der Waals surface area contributed by atoms with E-state index in [1.807, 2.05) is 0 Å². The molecule has 3 rings (SSSR count). The summed E-state index contributed by atoms with van der Waals surface area (Å²) in [5.74, 6) is -0.246. The molecule has 0 radical (unpaired) electrons. The Kier molecular flexibility index (Phi) is 3.43. The van der Waals surface area contributed by atoms with Crippen LogP contribution in [0.3, 0.4) is 0 Å². The van der Waals surface area contributed by atoms with E-state index in [0.717, 1.165) is 6.42 Å². The van der Waals surface area contributed by atoms with Crippen LogP contribution in [-0.4, -0.2) is 0 Å². The van der Waals surface area contributed by atoms with Crippen molar-refractivity contribution in [2.45, 2.75) is 45.4 Å². The van der Waals surface area contributed by atoms with Crippen LogP contribution in [0.25, 0.3) is 0 Å². The molecule has 0 amide bonds. The molecule has 2 fully saturated rings. The quantitative estimate of drug-likeness (QED) is 0.419. The van der Waals surface area contributed by atoms with Crippen LogP contribution < -0.4 is 0 Å². The molecule has 2 aliphatic carbocycles. The van der Waals surface area contributed by atoms with Gasteiger partial charge in [0.05, 0.1) is 14.5 Å². The van der Waals surface area contributed by atoms with Crippen molar-refractivity contribution >= 4 is 39.1 Å². The third-order valence-electron chi connectivity index (χ3n) is 5.06. The second-order valence-electron chi connectivity index (χ2n) is 6.62. The highest BCUT2D eigenvalue weighted by Gasteiger charge is 2.51.